The maximum atomic E-state index is 5.76. The Morgan fingerprint density at radius 2 is 2.13 bits per heavy atom. The van der Waals surface area contributed by atoms with Crippen molar-refractivity contribution >= 4 is 0 Å². The number of nitrogens with two attached hydrogens (primary N) is 1. The van der Waals surface area contributed by atoms with Crippen LogP contribution in [0.2, 0.25) is 0 Å². The van der Waals surface area contributed by atoms with E-state index in [0.29, 0.717) is 13.2 Å². The van der Waals surface area contributed by atoms with E-state index in [-0.39, 0.29) is 5.60 Å². The summed E-state index contributed by atoms with van der Waals surface area (Å²) in [6.07, 6.45) is 0.889. The Labute approximate surface area is 90.6 Å². The van der Waals surface area contributed by atoms with Gasteiger partial charge in [0, 0.05) is 13.6 Å². The zero-order valence-corrected chi connectivity index (χ0v) is 9.95. The van der Waals surface area contributed by atoms with Gasteiger partial charge in [-0.3, -0.25) is 0 Å². The first-order chi connectivity index (χ1) is 7.02. The van der Waals surface area contributed by atoms with Crippen molar-refractivity contribution < 1.29 is 4.74 Å². The Kier molecular flexibility index (Phi) is 3.82. The summed E-state index contributed by atoms with van der Waals surface area (Å²) < 4.78 is 7.68. The van der Waals surface area contributed by atoms with Crippen LogP contribution < -0.4 is 5.73 Å². The van der Waals surface area contributed by atoms with Crippen molar-refractivity contribution in [2.24, 2.45) is 12.8 Å². The minimum atomic E-state index is -0.264. The molecule has 0 amide bonds. The summed E-state index contributed by atoms with van der Waals surface area (Å²) in [5.41, 5.74) is 5.39. The third kappa shape index (κ3) is 2.76. The highest BCUT2D eigenvalue weighted by Gasteiger charge is 2.21. The molecule has 1 heterocycles. The summed E-state index contributed by atoms with van der Waals surface area (Å²) in [5.74, 6) is 1.72. The monoisotopic (exact) mass is 212 g/mol. The molecule has 0 aromatic carbocycles. The van der Waals surface area contributed by atoms with E-state index in [1.54, 1.807) is 0 Å². The van der Waals surface area contributed by atoms with Gasteiger partial charge in [-0.2, -0.15) is 0 Å². The second-order valence-electron chi connectivity index (χ2n) is 4.02. The van der Waals surface area contributed by atoms with E-state index in [0.717, 1.165) is 18.1 Å². The zero-order valence-electron chi connectivity index (χ0n) is 9.95. The summed E-state index contributed by atoms with van der Waals surface area (Å²) in [4.78, 5) is 0. The van der Waals surface area contributed by atoms with Gasteiger partial charge in [0.05, 0.1) is 5.60 Å². The largest absolute Gasteiger partial charge is 0.366 e. The third-order valence-corrected chi connectivity index (χ3v) is 2.91. The Balaban J connectivity index is 2.60. The van der Waals surface area contributed by atoms with Crippen LogP contribution in [0.4, 0.5) is 0 Å². The maximum absolute atomic E-state index is 5.76. The molecular weight excluding hydrogens is 192 g/mol. The summed E-state index contributed by atoms with van der Waals surface area (Å²) in [6.45, 7) is 6.96. The van der Waals surface area contributed by atoms with E-state index in [9.17, 15) is 0 Å². The van der Waals surface area contributed by atoms with Gasteiger partial charge in [0.25, 0.3) is 0 Å². The predicted molar refractivity (Wildman–Crippen MR) is 58.3 cm³/mol. The summed E-state index contributed by atoms with van der Waals surface area (Å²) in [7, 11) is 1.93. The van der Waals surface area contributed by atoms with Crippen LogP contribution in [0, 0.1) is 6.92 Å². The van der Waals surface area contributed by atoms with Crippen molar-refractivity contribution in [1.82, 2.24) is 14.8 Å². The minimum absolute atomic E-state index is 0.264. The normalized spacial score (nSPS) is 15.3. The Morgan fingerprint density at radius 3 is 2.53 bits per heavy atom. The molecule has 0 saturated carbocycles. The molecule has 0 bridgehead atoms. The average Bonchev–Trinajstić information content (AvgIpc) is 2.57. The molecule has 1 atom stereocenters. The lowest BCUT2D eigenvalue weighted by Crippen LogP contribution is -2.36. The molecule has 5 nitrogen and oxygen atoms in total. The molecule has 0 aliphatic carbocycles. The molecule has 0 saturated heterocycles. The van der Waals surface area contributed by atoms with Crippen LogP contribution in [0.25, 0.3) is 0 Å². The summed E-state index contributed by atoms with van der Waals surface area (Å²) >= 11 is 0. The molecule has 5 heteroatoms. The number of aromatic nitrogens is 3. The Morgan fingerprint density at radius 1 is 1.47 bits per heavy atom. The van der Waals surface area contributed by atoms with E-state index < -0.39 is 0 Å². The number of hydrogen-bond acceptors (Lipinski definition) is 4. The van der Waals surface area contributed by atoms with Gasteiger partial charge in [-0.15, -0.1) is 10.2 Å². The Bertz CT molecular complexity index is 317. The molecule has 1 aromatic rings. The molecule has 1 rings (SSSR count). The lowest BCUT2D eigenvalue weighted by molar-refractivity contribution is -0.0424. The van der Waals surface area contributed by atoms with Crippen LogP contribution in [-0.4, -0.2) is 26.9 Å². The van der Waals surface area contributed by atoms with E-state index in [4.69, 9.17) is 10.5 Å². The fourth-order valence-electron chi connectivity index (χ4n) is 1.12. The van der Waals surface area contributed by atoms with Gasteiger partial charge in [0.15, 0.2) is 5.82 Å². The van der Waals surface area contributed by atoms with Crippen LogP contribution in [0.5, 0.6) is 0 Å². The lowest BCUT2D eigenvalue weighted by atomic mass is 10.0. The summed E-state index contributed by atoms with van der Waals surface area (Å²) in [5, 5.41) is 8.00. The second-order valence-corrected chi connectivity index (χ2v) is 4.02. The van der Waals surface area contributed by atoms with Gasteiger partial charge in [-0.25, -0.2) is 0 Å². The highest BCUT2D eigenvalue weighted by atomic mass is 16.5. The van der Waals surface area contributed by atoms with Gasteiger partial charge in [-0.1, -0.05) is 6.92 Å². The fourth-order valence-corrected chi connectivity index (χ4v) is 1.12. The van der Waals surface area contributed by atoms with E-state index in [1.807, 2.05) is 25.5 Å². The van der Waals surface area contributed by atoms with Gasteiger partial charge >= 0.3 is 0 Å². The SMILES string of the molecule is CCC(C)(CN)OCc1nnc(C)n1C. The van der Waals surface area contributed by atoms with Crippen molar-refractivity contribution in [3.8, 4) is 0 Å². The zero-order chi connectivity index (χ0) is 11.5. The molecule has 0 fully saturated rings. The third-order valence-electron chi connectivity index (χ3n) is 2.91. The first kappa shape index (κ1) is 12.1. The van der Waals surface area contributed by atoms with Crippen LogP contribution in [0.15, 0.2) is 0 Å². The molecule has 1 aromatic heterocycles. The van der Waals surface area contributed by atoms with Crippen molar-refractivity contribution in [3.05, 3.63) is 11.6 Å². The van der Waals surface area contributed by atoms with Crippen LogP contribution in [-0.2, 0) is 18.4 Å². The number of aryl methyl sites for hydroxylation is 1. The average molecular weight is 212 g/mol. The second kappa shape index (κ2) is 4.72. The van der Waals surface area contributed by atoms with E-state index in [1.165, 1.54) is 0 Å². The number of rotatable bonds is 5. The fraction of sp³-hybridized carbons (Fsp3) is 0.800. The molecule has 0 aliphatic rings. The van der Waals surface area contributed by atoms with E-state index >= 15 is 0 Å². The molecule has 0 aliphatic heterocycles. The van der Waals surface area contributed by atoms with Crippen molar-refractivity contribution in [2.75, 3.05) is 6.54 Å². The van der Waals surface area contributed by atoms with E-state index in [2.05, 4.69) is 17.1 Å². The molecule has 0 spiro atoms. The van der Waals surface area contributed by atoms with Crippen LogP contribution in [0.3, 0.4) is 0 Å². The first-order valence-corrected chi connectivity index (χ1v) is 5.21. The molecule has 15 heavy (non-hydrogen) atoms. The van der Waals surface area contributed by atoms with Crippen LogP contribution in [0.1, 0.15) is 31.9 Å². The lowest BCUT2D eigenvalue weighted by Gasteiger charge is -2.26. The standard InChI is InChI=1S/C10H20N4O/c1-5-10(3,7-11)15-6-9-13-12-8(2)14(9)4/h5-7,11H2,1-4H3. The number of ether oxygens (including phenoxy) is 1. The predicted octanol–water partition coefficient (Wildman–Crippen LogP) is 0.768. The molecular formula is C10H20N4O. The van der Waals surface area contributed by atoms with Gasteiger partial charge in [-0.05, 0) is 20.3 Å². The van der Waals surface area contributed by atoms with Crippen LogP contribution >= 0.6 is 0 Å². The Hall–Kier alpha value is -0.940. The first-order valence-electron chi connectivity index (χ1n) is 5.21. The van der Waals surface area contributed by atoms with Gasteiger partial charge in [0.1, 0.15) is 12.4 Å². The molecule has 2 N–H and O–H groups in total. The smallest absolute Gasteiger partial charge is 0.158 e. The molecule has 1 unspecified atom stereocenters. The van der Waals surface area contributed by atoms with Crippen molar-refractivity contribution in [3.63, 3.8) is 0 Å². The topological polar surface area (TPSA) is 66.0 Å². The highest BCUT2D eigenvalue weighted by Crippen LogP contribution is 2.15. The number of nitrogens with zero attached hydrogens (tertiary/aromatic N) is 3. The number of hydrogen-bond donors (Lipinski definition) is 1. The molecule has 86 valence electrons. The minimum Gasteiger partial charge on any atom is -0.366 e. The van der Waals surface area contributed by atoms with Gasteiger partial charge in [0.2, 0.25) is 0 Å². The maximum Gasteiger partial charge on any atom is 0.158 e. The van der Waals surface area contributed by atoms with Crippen molar-refractivity contribution in [2.45, 2.75) is 39.4 Å². The van der Waals surface area contributed by atoms with Crippen molar-refractivity contribution in [1.29, 1.82) is 0 Å². The summed E-state index contributed by atoms with van der Waals surface area (Å²) in [6, 6.07) is 0. The quantitative estimate of drug-likeness (QED) is 0.782. The highest BCUT2D eigenvalue weighted by molar-refractivity contribution is 4.91. The van der Waals surface area contributed by atoms with Gasteiger partial charge < -0.3 is 15.0 Å². The molecule has 0 radical (unpaired) electrons.